The van der Waals surface area contributed by atoms with E-state index >= 15 is 0 Å². The SMILES string of the molecule is CCN1Cc2c(-c3ccc(S(N)(=O)=O)cc3)cc3c(c2C1)NC(=O)C3N=O. The summed E-state index contributed by atoms with van der Waals surface area (Å²) in [5, 5.41) is 11.0. The molecule has 140 valence electrons. The van der Waals surface area contributed by atoms with Crippen LogP contribution >= 0.6 is 0 Å². The number of anilines is 1. The molecule has 1 unspecified atom stereocenters. The topological polar surface area (TPSA) is 122 Å². The molecule has 1 atom stereocenters. The lowest BCUT2D eigenvalue weighted by molar-refractivity contribution is -0.116. The number of primary sulfonamides is 1. The summed E-state index contributed by atoms with van der Waals surface area (Å²) in [7, 11) is -3.77. The highest BCUT2D eigenvalue weighted by atomic mass is 32.2. The van der Waals surface area contributed by atoms with Crippen LogP contribution in [0.3, 0.4) is 0 Å². The highest BCUT2D eigenvalue weighted by molar-refractivity contribution is 7.89. The third-order valence-corrected chi connectivity index (χ3v) is 6.11. The molecule has 2 aliphatic heterocycles. The number of sulfonamides is 1. The third-order valence-electron chi connectivity index (χ3n) is 5.18. The highest BCUT2D eigenvalue weighted by Crippen LogP contribution is 2.45. The molecule has 9 heteroatoms. The number of nitroso groups, excluding NO2 is 1. The van der Waals surface area contributed by atoms with E-state index in [0.29, 0.717) is 24.3 Å². The quantitative estimate of drug-likeness (QED) is 0.779. The van der Waals surface area contributed by atoms with E-state index in [-0.39, 0.29) is 4.90 Å². The largest absolute Gasteiger partial charge is 0.323 e. The maximum absolute atomic E-state index is 12.1. The van der Waals surface area contributed by atoms with Gasteiger partial charge in [0.2, 0.25) is 10.0 Å². The van der Waals surface area contributed by atoms with E-state index < -0.39 is 22.0 Å². The minimum Gasteiger partial charge on any atom is -0.323 e. The third kappa shape index (κ3) is 2.84. The van der Waals surface area contributed by atoms with Gasteiger partial charge in [0.25, 0.3) is 5.91 Å². The molecule has 0 aromatic heterocycles. The van der Waals surface area contributed by atoms with Crippen LogP contribution in [-0.4, -0.2) is 25.8 Å². The highest BCUT2D eigenvalue weighted by Gasteiger charge is 2.37. The monoisotopic (exact) mass is 386 g/mol. The zero-order valence-electron chi connectivity index (χ0n) is 14.6. The fourth-order valence-corrected chi connectivity index (χ4v) is 4.28. The summed E-state index contributed by atoms with van der Waals surface area (Å²) in [4.78, 5) is 25.6. The lowest BCUT2D eigenvalue weighted by Crippen LogP contribution is -2.15. The lowest BCUT2D eigenvalue weighted by Gasteiger charge is -2.13. The van der Waals surface area contributed by atoms with Crippen LogP contribution in [0.4, 0.5) is 5.69 Å². The minimum atomic E-state index is -3.77. The molecule has 2 heterocycles. The fraction of sp³-hybridized carbons (Fsp3) is 0.278. The van der Waals surface area contributed by atoms with E-state index in [2.05, 4.69) is 22.3 Å². The molecular formula is C18H18N4O4S. The molecule has 2 aliphatic rings. The van der Waals surface area contributed by atoms with Gasteiger partial charge in [-0.25, -0.2) is 13.6 Å². The van der Waals surface area contributed by atoms with Crippen LogP contribution in [0.5, 0.6) is 0 Å². The maximum Gasteiger partial charge on any atom is 0.257 e. The van der Waals surface area contributed by atoms with Gasteiger partial charge in [-0.2, -0.15) is 0 Å². The zero-order chi connectivity index (χ0) is 19.3. The summed E-state index contributed by atoms with van der Waals surface area (Å²) < 4.78 is 23.0. The van der Waals surface area contributed by atoms with E-state index in [1.165, 1.54) is 12.1 Å². The zero-order valence-corrected chi connectivity index (χ0v) is 15.4. The molecule has 3 N–H and O–H groups in total. The van der Waals surface area contributed by atoms with Crippen LogP contribution in [-0.2, 0) is 27.9 Å². The molecule has 0 saturated carbocycles. The van der Waals surface area contributed by atoms with Crippen LogP contribution in [0.15, 0.2) is 40.4 Å². The van der Waals surface area contributed by atoms with Crippen molar-refractivity contribution in [3.05, 3.63) is 51.9 Å². The van der Waals surface area contributed by atoms with Crippen LogP contribution in [0.25, 0.3) is 11.1 Å². The molecule has 0 aliphatic carbocycles. The molecule has 0 saturated heterocycles. The number of nitrogens with two attached hydrogens (primary N) is 1. The van der Waals surface area contributed by atoms with Crippen molar-refractivity contribution in [1.29, 1.82) is 0 Å². The Balaban J connectivity index is 1.89. The molecule has 0 radical (unpaired) electrons. The lowest BCUT2D eigenvalue weighted by atomic mass is 9.92. The molecular weight excluding hydrogens is 368 g/mol. The predicted molar refractivity (Wildman–Crippen MR) is 100 cm³/mol. The van der Waals surface area contributed by atoms with Gasteiger partial charge in [-0.3, -0.25) is 9.69 Å². The number of fused-ring (bicyclic) bond motifs is 3. The molecule has 0 bridgehead atoms. The van der Waals surface area contributed by atoms with Gasteiger partial charge in [0.1, 0.15) is 0 Å². The Morgan fingerprint density at radius 3 is 2.48 bits per heavy atom. The first-order valence-electron chi connectivity index (χ1n) is 8.51. The van der Waals surface area contributed by atoms with Crippen molar-refractivity contribution in [2.45, 2.75) is 31.0 Å². The van der Waals surface area contributed by atoms with Crippen molar-refractivity contribution in [2.75, 3.05) is 11.9 Å². The number of nitrogens with zero attached hydrogens (tertiary/aromatic N) is 2. The number of carbonyl (C=O) groups is 1. The Labute approximate surface area is 156 Å². The Bertz CT molecular complexity index is 1060. The summed E-state index contributed by atoms with van der Waals surface area (Å²) in [6, 6.07) is 7.02. The van der Waals surface area contributed by atoms with E-state index in [9.17, 15) is 18.1 Å². The van der Waals surface area contributed by atoms with Gasteiger partial charge in [0.05, 0.1) is 10.6 Å². The van der Waals surface area contributed by atoms with Gasteiger partial charge in [-0.1, -0.05) is 24.2 Å². The first-order valence-corrected chi connectivity index (χ1v) is 10.1. The van der Waals surface area contributed by atoms with Crippen LogP contribution < -0.4 is 10.5 Å². The summed E-state index contributed by atoms with van der Waals surface area (Å²) in [6.07, 6.45) is 0. The molecule has 27 heavy (non-hydrogen) atoms. The number of hydrogen-bond donors (Lipinski definition) is 2. The van der Waals surface area contributed by atoms with E-state index in [1.807, 2.05) is 6.07 Å². The number of amides is 1. The van der Waals surface area contributed by atoms with Crippen molar-refractivity contribution < 1.29 is 13.2 Å². The number of rotatable bonds is 4. The number of nitrogens with one attached hydrogen (secondary N) is 1. The maximum atomic E-state index is 12.1. The first kappa shape index (κ1) is 17.8. The second-order valence-electron chi connectivity index (χ2n) is 6.72. The fourth-order valence-electron chi connectivity index (χ4n) is 3.77. The van der Waals surface area contributed by atoms with Crippen LogP contribution in [0.2, 0.25) is 0 Å². The van der Waals surface area contributed by atoms with E-state index in [4.69, 9.17) is 5.14 Å². The van der Waals surface area contributed by atoms with Gasteiger partial charge >= 0.3 is 0 Å². The van der Waals surface area contributed by atoms with Gasteiger partial charge in [-0.05, 0) is 47.0 Å². The molecule has 2 aromatic rings. The van der Waals surface area contributed by atoms with Gasteiger partial charge in [0, 0.05) is 18.7 Å². The van der Waals surface area contributed by atoms with Crippen molar-refractivity contribution in [1.82, 2.24) is 4.90 Å². The molecule has 0 spiro atoms. The molecule has 2 aromatic carbocycles. The second kappa shape index (κ2) is 6.22. The number of benzene rings is 2. The predicted octanol–water partition coefficient (Wildman–Crippen LogP) is 2.10. The Morgan fingerprint density at radius 1 is 1.22 bits per heavy atom. The normalized spacial score (nSPS) is 18.9. The Hall–Kier alpha value is -2.62. The number of carbonyl (C=O) groups excluding carboxylic acids is 1. The van der Waals surface area contributed by atoms with Crippen LogP contribution in [0.1, 0.15) is 29.7 Å². The molecule has 4 rings (SSSR count). The Morgan fingerprint density at radius 2 is 1.89 bits per heavy atom. The van der Waals surface area contributed by atoms with Gasteiger partial charge < -0.3 is 5.32 Å². The van der Waals surface area contributed by atoms with Crippen molar-refractivity contribution in [2.24, 2.45) is 10.3 Å². The van der Waals surface area contributed by atoms with Crippen LogP contribution in [0, 0.1) is 4.91 Å². The van der Waals surface area contributed by atoms with Crippen molar-refractivity contribution in [3.8, 4) is 11.1 Å². The summed E-state index contributed by atoms with van der Waals surface area (Å²) >= 11 is 0. The first-order chi connectivity index (χ1) is 12.8. The minimum absolute atomic E-state index is 0.0310. The Kier molecular flexibility index (Phi) is 4.10. The summed E-state index contributed by atoms with van der Waals surface area (Å²) in [5.74, 6) is -0.418. The summed E-state index contributed by atoms with van der Waals surface area (Å²) in [5.41, 5.74) is 4.96. The smallest absolute Gasteiger partial charge is 0.257 e. The standard InChI is InChI=1S/C18H18N4O4S/c1-2-22-8-14-12(10-3-5-11(6-4-10)27(19,25)26)7-13-16(15(14)9-22)20-18(23)17(13)21-24/h3-7,17H,2,8-9H2,1H3,(H,20,23)(H2,19,25,26). The van der Waals surface area contributed by atoms with Crippen molar-refractivity contribution in [3.63, 3.8) is 0 Å². The number of hydrogen-bond acceptors (Lipinski definition) is 6. The molecule has 1 amide bonds. The molecule has 8 nitrogen and oxygen atoms in total. The average Bonchev–Trinajstić information content (AvgIpc) is 3.20. The van der Waals surface area contributed by atoms with E-state index in [1.54, 1.807) is 12.1 Å². The average molecular weight is 386 g/mol. The van der Waals surface area contributed by atoms with Crippen molar-refractivity contribution >= 4 is 21.6 Å². The van der Waals surface area contributed by atoms with Gasteiger partial charge in [-0.15, -0.1) is 4.91 Å². The second-order valence-corrected chi connectivity index (χ2v) is 8.28. The van der Waals surface area contributed by atoms with Gasteiger partial charge in [0.15, 0.2) is 6.04 Å². The summed E-state index contributed by atoms with van der Waals surface area (Å²) in [6.45, 7) is 4.28. The van der Waals surface area contributed by atoms with E-state index in [0.717, 1.165) is 28.8 Å². The molecule has 0 fully saturated rings.